The van der Waals surface area contributed by atoms with Gasteiger partial charge in [-0.25, -0.2) is 0 Å². The molecule has 3 aliphatic heterocycles. The van der Waals surface area contributed by atoms with Gasteiger partial charge < -0.3 is 72.9 Å². The summed E-state index contributed by atoms with van der Waals surface area (Å²) in [4.78, 5) is 128. The minimum Gasteiger partial charge on any atom is -0.494 e. The van der Waals surface area contributed by atoms with Gasteiger partial charge >= 0.3 is 0 Å². The summed E-state index contributed by atoms with van der Waals surface area (Å²) in [6.45, 7) is 3.87. The number of carbonyl (C=O) groups excluding carboxylic acids is 9. The average molecular weight is 947 g/mol. The molecule has 1 aromatic carbocycles. The summed E-state index contributed by atoms with van der Waals surface area (Å²) in [6, 6.07) is -5.10. The van der Waals surface area contributed by atoms with Gasteiger partial charge in [-0.3, -0.25) is 47.4 Å². The van der Waals surface area contributed by atoms with Crippen molar-refractivity contribution in [2.45, 2.75) is 107 Å². The van der Waals surface area contributed by atoms with Crippen LogP contribution in [0.15, 0.2) is 23.2 Å². The fourth-order valence-corrected chi connectivity index (χ4v) is 9.34. The van der Waals surface area contributed by atoms with E-state index >= 15 is 0 Å². The van der Waals surface area contributed by atoms with Crippen molar-refractivity contribution in [2.24, 2.45) is 17.6 Å². The maximum Gasteiger partial charge on any atom is 0.246 e. The molecule has 2 bridgehead atoms. The maximum absolute atomic E-state index is 14.7. The molecule has 5 rings (SSSR count). The average Bonchev–Trinajstić information content (AvgIpc) is 3.85. The van der Waals surface area contributed by atoms with Crippen LogP contribution in [0.1, 0.15) is 52.5 Å². The second-order valence-electron chi connectivity index (χ2n) is 16.6. The largest absolute Gasteiger partial charge is 0.494 e. The first kappa shape index (κ1) is 50.8. The number of nitrogens with zero attached hydrogens (tertiary/aromatic N) is 1. The van der Waals surface area contributed by atoms with E-state index in [-0.39, 0.29) is 17.2 Å². The Labute approximate surface area is 381 Å². The molecule has 1 aromatic heterocycles. The first-order valence-electron chi connectivity index (χ1n) is 21.5. The molecule has 24 nitrogen and oxygen atoms in total. The first-order valence-corrected chi connectivity index (χ1v) is 22.8. The van der Waals surface area contributed by atoms with Crippen molar-refractivity contribution < 1.29 is 67.4 Å². The van der Waals surface area contributed by atoms with E-state index in [0.29, 0.717) is 23.1 Å². The lowest BCUT2D eigenvalue weighted by Gasteiger charge is -2.32. The Balaban J connectivity index is 1.75. The monoisotopic (exact) mass is 946 g/mol. The zero-order chi connectivity index (χ0) is 48.6. The van der Waals surface area contributed by atoms with Crippen molar-refractivity contribution in [1.29, 1.82) is 0 Å². The van der Waals surface area contributed by atoms with Gasteiger partial charge in [0, 0.05) is 36.8 Å². The predicted molar refractivity (Wildman–Crippen MR) is 232 cm³/mol. The van der Waals surface area contributed by atoms with E-state index < -0.39 is 176 Å². The van der Waals surface area contributed by atoms with E-state index in [1.807, 2.05) is 0 Å². The van der Waals surface area contributed by atoms with Gasteiger partial charge in [-0.05, 0) is 30.5 Å². The van der Waals surface area contributed by atoms with Gasteiger partial charge in [0.2, 0.25) is 53.2 Å². The number of rotatable bonds is 9. The molecule has 0 saturated carbocycles. The van der Waals surface area contributed by atoms with Crippen molar-refractivity contribution >= 4 is 74.9 Å². The number of H-pyrrole nitrogens is 1. The predicted octanol–water partition coefficient (Wildman–Crippen LogP) is -5.23. The topological polar surface area (TPSA) is 370 Å². The van der Waals surface area contributed by atoms with E-state index in [2.05, 4.69) is 42.2 Å². The molecule has 4 heterocycles. The van der Waals surface area contributed by atoms with Crippen LogP contribution < -0.4 is 47.7 Å². The molecule has 1 fully saturated rings. The summed E-state index contributed by atoms with van der Waals surface area (Å²) >= 11 is 0. The van der Waals surface area contributed by atoms with Crippen LogP contribution in [0.5, 0.6) is 5.75 Å². The van der Waals surface area contributed by atoms with Gasteiger partial charge in [-0.1, -0.05) is 27.2 Å². The van der Waals surface area contributed by atoms with Crippen molar-refractivity contribution in [3.8, 4) is 5.75 Å². The van der Waals surface area contributed by atoms with E-state index in [1.165, 1.54) is 6.92 Å². The van der Waals surface area contributed by atoms with E-state index in [9.17, 15) is 62.7 Å². The van der Waals surface area contributed by atoms with Crippen molar-refractivity contribution in [3.63, 3.8) is 0 Å². The van der Waals surface area contributed by atoms with Crippen LogP contribution in [0.3, 0.4) is 0 Å². The van der Waals surface area contributed by atoms with Crippen LogP contribution >= 0.6 is 0 Å². The second-order valence-corrected chi connectivity index (χ2v) is 18.0. The lowest BCUT2D eigenvalue weighted by atomic mass is 9.93. The summed E-state index contributed by atoms with van der Waals surface area (Å²) in [5, 5.41) is 48.9. The Morgan fingerprint density at radius 1 is 0.879 bits per heavy atom. The molecule has 11 atom stereocenters. The van der Waals surface area contributed by atoms with Crippen LogP contribution in [0, 0.1) is 11.8 Å². The molecule has 2 aromatic rings. The number of aliphatic hydroxyl groups is 3. The SMILES string of the molecule is CCOc1ccc2c3c([nH]c2c1)S(=O)C[C@@H]1NC(=O)CNC(=O)[C@H]([C@@H](C)CC)NC(=O)CNC(=O)[C@H](C3)NC(=O)[C@H]([C@@H](C)[C@@H](O)CO)NC(=O)[C@@H]2C[C@@H](O)CN2C(=O)[C@H](CC(N)=O)NC1=O. The molecule has 362 valence electrons. The third-order valence-corrected chi connectivity index (χ3v) is 13.3. The number of aliphatic hydroxyl groups excluding tert-OH is 3. The highest BCUT2D eigenvalue weighted by Gasteiger charge is 2.45. The summed E-state index contributed by atoms with van der Waals surface area (Å²) in [7, 11) is -2.34. The second kappa shape index (κ2) is 22.3. The van der Waals surface area contributed by atoms with E-state index in [1.54, 1.807) is 39.0 Å². The number of nitrogens with one attached hydrogen (secondary N) is 8. The highest BCUT2D eigenvalue weighted by molar-refractivity contribution is 7.85. The maximum atomic E-state index is 14.7. The molecule has 1 unspecified atom stereocenters. The fourth-order valence-electron chi connectivity index (χ4n) is 7.95. The number of aromatic amines is 1. The fraction of sp³-hybridized carbons (Fsp3) is 0.585. The molecule has 0 aliphatic carbocycles. The lowest BCUT2D eigenvalue weighted by Crippen LogP contribution is -2.62. The normalized spacial score (nSPS) is 28.0. The van der Waals surface area contributed by atoms with E-state index in [0.717, 1.165) is 4.90 Å². The number of hydrogen-bond acceptors (Lipinski definition) is 14. The summed E-state index contributed by atoms with van der Waals surface area (Å²) < 4.78 is 20.4. The quantitative estimate of drug-likeness (QED) is 0.112. The molecule has 66 heavy (non-hydrogen) atoms. The highest BCUT2D eigenvalue weighted by Crippen LogP contribution is 2.30. The van der Waals surface area contributed by atoms with Crippen LogP contribution in [0.25, 0.3) is 10.9 Å². The number of primary amides is 1. The number of amides is 9. The molecular formula is C41H58N10O14S. The van der Waals surface area contributed by atoms with Crippen LogP contribution in [0.4, 0.5) is 0 Å². The number of ether oxygens (including phenoxy) is 1. The van der Waals surface area contributed by atoms with Gasteiger partial charge in [0.1, 0.15) is 47.0 Å². The van der Waals surface area contributed by atoms with Gasteiger partial charge in [0.15, 0.2) is 0 Å². The smallest absolute Gasteiger partial charge is 0.246 e. The van der Waals surface area contributed by atoms with Crippen molar-refractivity contribution in [2.75, 3.05) is 38.6 Å². The van der Waals surface area contributed by atoms with Crippen molar-refractivity contribution in [3.05, 3.63) is 23.8 Å². The summed E-state index contributed by atoms with van der Waals surface area (Å²) in [5.41, 5.74) is 5.98. The molecule has 25 heteroatoms. The van der Waals surface area contributed by atoms with E-state index in [4.69, 9.17) is 10.5 Å². The zero-order valence-electron chi connectivity index (χ0n) is 36.8. The van der Waals surface area contributed by atoms with Gasteiger partial charge in [-0.15, -0.1) is 0 Å². The van der Waals surface area contributed by atoms with Gasteiger partial charge in [0.25, 0.3) is 0 Å². The third-order valence-electron chi connectivity index (χ3n) is 11.8. The minimum absolute atomic E-state index is 0.102. The van der Waals surface area contributed by atoms with Gasteiger partial charge in [-0.2, -0.15) is 0 Å². The van der Waals surface area contributed by atoms with Gasteiger partial charge in [0.05, 0.1) is 67.0 Å². The Bertz CT molecular complexity index is 2240. The Kier molecular flexibility index (Phi) is 17.2. The van der Waals surface area contributed by atoms with Crippen LogP contribution in [-0.2, 0) is 60.4 Å². The molecule has 0 spiro atoms. The number of carbonyl (C=O) groups is 9. The van der Waals surface area contributed by atoms with Crippen molar-refractivity contribution in [1.82, 2.24) is 47.1 Å². The number of hydrogen-bond donors (Lipinski definition) is 12. The third kappa shape index (κ3) is 12.2. The van der Waals surface area contributed by atoms with Crippen LogP contribution in [-0.4, -0.2) is 170 Å². The Hall–Kier alpha value is -6.18. The zero-order valence-corrected chi connectivity index (χ0v) is 37.7. The Morgan fingerprint density at radius 2 is 1.56 bits per heavy atom. The minimum atomic E-state index is -2.34. The molecular weight excluding hydrogens is 889 g/mol. The molecule has 13 N–H and O–H groups in total. The lowest BCUT2D eigenvalue weighted by molar-refractivity contribution is -0.144. The molecule has 3 aliphatic rings. The molecule has 9 amide bonds. The highest BCUT2D eigenvalue weighted by atomic mass is 32.2. The first-order chi connectivity index (χ1) is 31.3. The standard InChI is InChI=1S/C41H58N10O14S/c1-5-18(3)33-38(61)44-13-31(56)45-27-17-66(64)40-23(22-8-7-21(65-6-2)10-24(22)48-40)11-25(35(58)43-14-32(57)49-33)46-39(62)34(19(4)29(54)16-52)50-37(60)28-9-20(53)15-51(28)41(63)26(12-30(42)55)47-36(27)59/h7-8,10,18-20,25-29,33-34,48,52-54H,5-6,9,11-17H2,1-4H3,(H2,42,55)(H,43,58)(H,44,61)(H,45,56)(H,46,62)(H,47,59)(H,49,57)(H,50,60)/t18-,19-,20+,25-,26-,27-,28-,29-,33-,34-,66?/m0/s1. The molecule has 0 radical (unpaired) electrons. The summed E-state index contributed by atoms with van der Waals surface area (Å²) in [6.07, 6.45) is -4.33. The Morgan fingerprint density at radius 3 is 2.21 bits per heavy atom. The van der Waals surface area contributed by atoms with Crippen LogP contribution in [0.2, 0.25) is 0 Å². The number of nitrogens with two attached hydrogens (primary N) is 1. The summed E-state index contributed by atoms with van der Waals surface area (Å²) in [5.74, 6) is -11.2. The number of aromatic nitrogens is 1. The number of fused-ring (bicyclic) bond motifs is 5. The molecule has 1 saturated heterocycles. The number of benzene rings is 1.